The molecule has 31 heavy (non-hydrogen) atoms. The van der Waals surface area contributed by atoms with Crippen molar-refractivity contribution in [1.29, 1.82) is 0 Å². The number of ether oxygens (including phenoxy) is 1. The summed E-state index contributed by atoms with van der Waals surface area (Å²) in [7, 11) is 1.76. The molecule has 3 heterocycles. The van der Waals surface area contributed by atoms with Crippen molar-refractivity contribution in [3.8, 4) is 16.9 Å². The molecule has 156 valence electrons. The first-order valence-corrected chi connectivity index (χ1v) is 11.0. The van der Waals surface area contributed by atoms with Gasteiger partial charge < -0.3 is 15.0 Å². The molecule has 4 aromatic rings. The number of hydrogen-bond donors (Lipinski definition) is 1. The summed E-state index contributed by atoms with van der Waals surface area (Å²) in [6, 6.07) is 14.4. The van der Waals surface area contributed by atoms with E-state index in [1.54, 1.807) is 29.6 Å². The van der Waals surface area contributed by atoms with Crippen LogP contribution in [0.25, 0.3) is 21.3 Å². The monoisotopic (exact) mass is 430 g/mol. The second kappa shape index (κ2) is 7.67. The second-order valence-corrected chi connectivity index (χ2v) is 8.74. The van der Waals surface area contributed by atoms with Gasteiger partial charge in [0.05, 0.1) is 11.1 Å². The van der Waals surface area contributed by atoms with Crippen LogP contribution in [0.3, 0.4) is 0 Å². The van der Waals surface area contributed by atoms with Crippen LogP contribution in [0.1, 0.15) is 25.3 Å². The van der Waals surface area contributed by atoms with Gasteiger partial charge in [-0.2, -0.15) is 0 Å². The van der Waals surface area contributed by atoms with E-state index in [-0.39, 0.29) is 12.5 Å². The lowest BCUT2D eigenvalue weighted by molar-refractivity contribution is -0.120. The Morgan fingerprint density at radius 1 is 1.13 bits per heavy atom. The van der Waals surface area contributed by atoms with E-state index in [9.17, 15) is 4.79 Å². The standard InChI is InChI=1S/C24H22N4O2S/c1-14(2)15-4-6-16(7-5-15)18-12-31-24-22(18)23(25-13-26-24)27-17-8-9-20-19(10-17)28(3)21(29)11-30-20/h4-10,12-14H,11H2,1-3H3,(H,25,26,27). The Kier molecular flexibility index (Phi) is 4.82. The highest BCUT2D eigenvalue weighted by molar-refractivity contribution is 7.17. The van der Waals surface area contributed by atoms with Crippen LogP contribution in [0.2, 0.25) is 0 Å². The molecular formula is C24H22N4O2S. The fourth-order valence-corrected chi connectivity index (χ4v) is 4.63. The van der Waals surface area contributed by atoms with Gasteiger partial charge in [-0.3, -0.25) is 4.79 Å². The first-order valence-electron chi connectivity index (χ1n) is 10.1. The van der Waals surface area contributed by atoms with Crippen molar-refractivity contribution in [2.24, 2.45) is 0 Å². The van der Waals surface area contributed by atoms with E-state index in [4.69, 9.17) is 4.74 Å². The summed E-state index contributed by atoms with van der Waals surface area (Å²) in [5.74, 6) is 1.85. The molecular weight excluding hydrogens is 408 g/mol. The molecule has 0 bridgehead atoms. The number of rotatable bonds is 4. The van der Waals surface area contributed by atoms with Gasteiger partial charge in [-0.05, 0) is 35.2 Å². The maximum absolute atomic E-state index is 12.0. The van der Waals surface area contributed by atoms with Gasteiger partial charge >= 0.3 is 0 Å². The zero-order chi connectivity index (χ0) is 21.5. The number of amides is 1. The number of thiophene rings is 1. The third-order valence-corrected chi connectivity index (χ3v) is 6.45. The van der Waals surface area contributed by atoms with E-state index >= 15 is 0 Å². The highest BCUT2D eigenvalue weighted by atomic mass is 32.1. The minimum atomic E-state index is -0.0703. The predicted octanol–water partition coefficient (Wildman–Crippen LogP) is 5.58. The third kappa shape index (κ3) is 3.51. The molecule has 2 aromatic carbocycles. The number of likely N-dealkylation sites (N-methyl/N-ethyl adjacent to an activating group) is 1. The molecule has 0 aliphatic carbocycles. The van der Waals surface area contributed by atoms with Crippen LogP contribution in [0, 0.1) is 0 Å². The van der Waals surface area contributed by atoms with Crippen LogP contribution in [0.4, 0.5) is 17.2 Å². The maximum Gasteiger partial charge on any atom is 0.264 e. The van der Waals surface area contributed by atoms with Crippen LogP contribution in [0.5, 0.6) is 5.75 Å². The molecule has 5 rings (SSSR count). The van der Waals surface area contributed by atoms with E-state index in [2.05, 4.69) is 58.8 Å². The molecule has 0 saturated carbocycles. The van der Waals surface area contributed by atoms with E-state index in [0.717, 1.165) is 38.5 Å². The largest absolute Gasteiger partial charge is 0.482 e. The van der Waals surface area contributed by atoms with Crippen LogP contribution < -0.4 is 15.0 Å². The minimum absolute atomic E-state index is 0.0661. The summed E-state index contributed by atoms with van der Waals surface area (Å²) in [6.45, 7) is 4.45. The zero-order valence-corrected chi connectivity index (χ0v) is 18.4. The molecule has 1 aliphatic rings. The van der Waals surface area contributed by atoms with Gasteiger partial charge in [0.1, 0.15) is 22.7 Å². The van der Waals surface area contributed by atoms with Gasteiger partial charge in [-0.1, -0.05) is 38.1 Å². The van der Waals surface area contributed by atoms with Crippen molar-refractivity contribution in [1.82, 2.24) is 9.97 Å². The number of anilines is 3. The number of carbonyl (C=O) groups excluding carboxylic acids is 1. The Balaban J connectivity index is 1.54. The van der Waals surface area contributed by atoms with E-state index in [1.165, 1.54) is 5.56 Å². The highest BCUT2D eigenvalue weighted by Crippen LogP contribution is 2.39. The average molecular weight is 431 g/mol. The minimum Gasteiger partial charge on any atom is -0.482 e. The van der Waals surface area contributed by atoms with Crippen molar-refractivity contribution in [3.63, 3.8) is 0 Å². The highest BCUT2D eigenvalue weighted by Gasteiger charge is 2.22. The second-order valence-electron chi connectivity index (χ2n) is 7.88. The van der Waals surface area contributed by atoms with E-state index in [0.29, 0.717) is 11.7 Å². The van der Waals surface area contributed by atoms with Gasteiger partial charge in [-0.15, -0.1) is 11.3 Å². The van der Waals surface area contributed by atoms with Gasteiger partial charge in [0.2, 0.25) is 0 Å². The summed E-state index contributed by atoms with van der Waals surface area (Å²) >= 11 is 1.60. The summed E-state index contributed by atoms with van der Waals surface area (Å²) in [4.78, 5) is 23.5. The summed E-state index contributed by atoms with van der Waals surface area (Å²) in [6.07, 6.45) is 1.57. The van der Waals surface area contributed by atoms with Crippen molar-refractivity contribution < 1.29 is 9.53 Å². The quantitative estimate of drug-likeness (QED) is 0.458. The van der Waals surface area contributed by atoms with Crippen LogP contribution in [0.15, 0.2) is 54.2 Å². The summed E-state index contributed by atoms with van der Waals surface area (Å²) < 4.78 is 5.53. The lowest BCUT2D eigenvalue weighted by Crippen LogP contribution is -2.35. The fraction of sp³-hybridized carbons (Fsp3) is 0.208. The Bertz CT molecular complexity index is 1280. The van der Waals surface area contributed by atoms with Gasteiger partial charge in [-0.25, -0.2) is 9.97 Å². The number of hydrogen-bond acceptors (Lipinski definition) is 6. The molecule has 1 N–H and O–H groups in total. The van der Waals surface area contributed by atoms with Gasteiger partial charge in [0, 0.05) is 23.7 Å². The first kappa shape index (κ1) is 19.5. The molecule has 0 saturated heterocycles. The van der Waals surface area contributed by atoms with Crippen LogP contribution in [-0.4, -0.2) is 29.5 Å². The molecule has 0 radical (unpaired) electrons. The van der Waals surface area contributed by atoms with Crippen LogP contribution >= 0.6 is 11.3 Å². The van der Waals surface area contributed by atoms with Crippen molar-refractivity contribution in [3.05, 3.63) is 59.7 Å². The fourth-order valence-electron chi connectivity index (χ4n) is 3.72. The number of benzene rings is 2. The molecule has 1 aliphatic heterocycles. The van der Waals surface area contributed by atoms with E-state index < -0.39 is 0 Å². The number of aromatic nitrogens is 2. The molecule has 0 atom stereocenters. The Labute approximate surface area is 184 Å². The Morgan fingerprint density at radius 3 is 2.71 bits per heavy atom. The molecule has 1 amide bonds. The number of fused-ring (bicyclic) bond motifs is 2. The lowest BCUT2D eigenvalue weighted by Gasteiger charge is -2.26. The van der Waals surface area contributed by atoms with Gasteiger partial charge in [0.25, 0.3) is 5.91 Å². The average Bonchev–Trinajstić information content (AvgIpc) is 3.22. The van der Waals surface area contributed by atoms with Gasteiger partial charge in [0.15, 0.2) is 6.61 Å². The Morgan fingerprint density at radius 2 is 1.94 bits per heavy atom. The molecule has 2 aromatic heterocycles. The van der Waals surface area contributed by atoms with Crippen molar-refractivity contribution in [2.75, 3.05) is 23.9 Å². The number of carbonyl (C=O) groups is 1. The Hall–Kier alpha value is -3.45. The van der Waals surface area contributed by atoms with Crippen LogP contribution in [-0.2, 0) is 4.79 Å². The van der Waals surface area contributed by atoms with Crippen molar-refractivity contribution in [2.45, 2.75) is 19.8 Å². The first-order chi connectivity index (χ1) is 15.0. The molecule has 7 heteroatoms. The SMILES string of the molecule is CC(C)c1ccc(-c2csc3ncnc(Nc4ccc5c(c4)N(C)C(=O)CO5)c23)cc1. The lowest BCUT2D eigenvalue weighted by atomic mass is 9.99. The third-order valence-electron chi connectivity index (χ3n) is 5.57. The summed E-state index contributed by atoms with van der Waals surface area (Å²) in [5, 5.41) is 6.54. The van der Waals surface area contributed by atoms with Crippen molar-refractivity contribution >= 4 is 44.7 Å². The normalized spacial score (nSPS) is 13.4. The zero-order valence-electron chi connectivity index (χ0n) is 17.5. The smallest absolute Gasteiger partial charge is 0.264 e. The molecule has 0 spiro atoms. The summed E-state index contributed by atoms with van der Waals surface area (Å²) in [5.41, 5.74) is 5.12. The molecule has 0 unspecified atom stereocenters. The topological polar surface area (TPSA) is 67.4 Å². The number of nitrogens with zero attached hydrogens (tertiary/aromatic N) is 3. The molecule has 6 nitrogen and oxygen atoms in total. The number of nitrogens with one attached hydrogen (secondary N) is 1. The van der Waals surface area contributed by atoms with E-state index in [1.807, 2.05) is 18.2 Å². The maximum atomic E-state index is 12.0. The molecule has 0 fully saturated rings. The predicted molar refractivity (Wildman–Crippen MR) is 126 cm³/mol.